The zero-order valence-corrected chi connectivity index (χ0v) is 21.7. The molecule has 1 amide bonds. The fourth-order valence-electron chi connectivity index (χ4n) is 5.72. The molecule has 186 valence electrons. The Balaban J connectivity index is 1.50. The third-order valence-corrected chi connectivity index (χ3v) is 8.35. The topological polar surface area (TPSA) is 64.0 Å². The Labute approximate surface area is 217 Å². The van der Waals surface area contributed by atoms with Gasteiger partial charge in [-0.1, -0.05) is 97.8 Å². The van der Waals surface area contributed by atoms with Crippen molar-refractivity contribution in [2.75, 3.05) is 5.75 Å². The molecule has 0 bridgehead atoms. The first kappa shape index (κ1) is 24.6. The molecule has 0 saturated heterocycles. The third-order valence-electron chi connectivity index (χ3n) is 7.37. The molecule has 0 atom stereocenters. The number of carbonyl (C=O) groups excluding carboxylic acids is 1. The van der Waals surface area contributed by atoms with E-state index < -0.39 is 0 Å². The number of thioether (sulfide) groups is 1. The van der Waals surface area contributed by atoms with Gasteiger partial charge in [0.25, 0.3) is 5.56 Å². The molecule has 2 aromatic carbocycles. The lowest BCUT2D eigenvalue weighted by Crippen LogP contribution is -2.43. The van der Waals surface area contributed by atoms with E-state index in [9.17, 15) is 9.59 Å². The van der Waals surface area contributed by atoms with Gasteiger partial charge in [0.05, 0.1) is 17.0 Å². The number of fused-ring (bicyclic) bond motifs is 4. The van der Waals surface area contributed by atoms with Crippen LogP contribution in [0.25, 0.3) is 11.3 Å². The van der Waals surface area contributed by atoms with Crippen molar-refractivity contribution in [2.45, 2.75) is 69.1 Å². The van der Waals surface area contributed by atoms with Gasteiger partial charge in [-0.05, 0) is 37.3 Å². The monoisotopic (exact) mass is 499 g/mol. The lowest BCUT2D eigenvalue weighted by atomic mass is 9.62. The lowest BCUT2D eigenvalue weighted by molar-refractivity contribution is -0.118. The summed E-state index contributed by atoms with van der Waals surface area (Å²) < 4.78 is 1.75. The first-order valence-electron chi connectivity index (χ1n) is 12.8. The Hall–Kier alpha value is -3.12. The van der Waals surface area contributed by atoms with Gasteiger partial charge in [0.1, 0.15) is 0 Å². The predicted octanol–water partition coefficient (Wildman–Crippen LogP) is 5.65. The van der Waals surface area contributed by atoms with Crippen molar-refractivity contribution in [1.29, 1.82) is 0 Å². The molecule has 0 radical (unpaired) electrons. The van der Waals surface area contributed by atoms with Gasteiger partial charge in [0.15, 0.2) is 5.16 Å². The zero-order valence-electron chi connectivity index (χ0n) is 20.9. The molecule has 1 saturated carbocycles. The van der Waals surface area contributed by atoms with E-state index in [-0.39, 0.29) is 22.6 Å². The number of aromatic nitrogens is 2. The zero-order chi connectivity index (χ0) is 25.1. The van der Waals surface area contributed by atoms with Crippen LogP contribution in [0, 0.1) is 0 Å². The maximum atomic E-state index is 14.2. The number of carbonyl (C=O) groups is 1. The second kappa shape index (κ2) is 10.5. The molecular formula is C30H33N3O2S. The Morgan fingerprint density at radius 2 is 1.81 bits per heavy atom. The molecule has 3 aromatic rings. The van der Waals surface area contributed by atoms with Crippen molar-refractivity contribution in [2.24, 2.45) is 0 Å². The second-order valence-corrected chi connectivity index (χ2v) is 11.1. The molecule has 2 aliphatic carbocycles. The van der Waals surface area contributed by atoms with E-state index in [1.165, 1.54) is 23.7 Å². The average molecular weight is 500 g/mol. The fraction of sp³-hybridized carbons (Fsp3) is 0.367. The highest BCUT2D eigenvalue weighted by Crippen LogP contribution is 2.48. The molecule has 1 heterocycles. The number of rotatable bonds is 7. The van der Waals surface area contributed by atoms with Crippen LogP contribution in [0.4, 0.5) is 0 Å². The molecule has 1 fully saturated rings. The van der Waals surface area contributed by atoms with E-state index in [1.807, 2.05) is 43.3 Å². The van der Waals surface area contributed by atoms with Crippen LogP contribution in [-0.2, 0) is 29.7 Å². The average Bonchev–Trinajstić information content (AvgIpc) is 2.88. The molecule has 1 N–H and O–H groups in total. The van der Waals surface area contributed by atoms with E-state index in [4.69, 9.17) is 4.98 Å². The second-order valence-electron chi connectivity index (χ2n) is 10.2. The number of nitrogens with zero attached hydrogens (tertiary/aromatic N) is 2. The van der Waals surface area contributed by atoms with Gasteiger partial charge in [0, 0.05) is 24.1 Å². The molecule has 0 aliphatic heterocycles. The van der Waals surface area contributed by atoms with E-state index >= 15 is 0 Å². The van der Waals surface area contributed by atoms with Gasteiger partial charge in [-0.15, -0.1) is 0 Å². The van der Waals surface area contributed by atoms with E-state index in [1.54, 1.807) is 4.57 Å². The molecule has 5 rings (SSSR count). The van der Waals surface area contributed by atoms with Gasteiger partial charge < -0.3 is 5.32 Å². The first-order chi connectivity index (χ1) is 17.5. The minimum atomic E-state index is -0.154. The molecular weight excluding hydrogens is 466 g/mol. The van der Waals surface area contributed by atoms with E-state index in [2.05, 4.69) is 30.1 Å². The maximum Gasteiger partial charge on any atom is 0.258 e. The standard InChI is InChI=1S/C30H33N3O2S/c1-21(2)19-33-28(35)26-27(24-14-8-7-13-23(24)17-30(26)15-9-4-10-16-30)32-29(33)36-20-25(34)31-18-22-11-5-3-6-12-22/h3,5-8,11-14H,1,4,9-10,15-20H2,2H3,(H,31,34). The summed E-state index contributed by atoms with van der Waals surface area (Å²) in [6.45, 7) is 6.88. The predicted molar refractivity (Wildman–Crippen MR) is 146 cm³/mol. The highest BCUT2D eigenvalue weighted by molar-refractivity contribution is 7.99. The minimum absolute atomic E-state index is 0.0339. The number of benzene rings is 2. The van der Waals surface area contributed by atoms with E-state index in [0.717, 1.165) is 60.1 Å². The Kier molecular flexibility index (Phi) is 7.15. The normalized spacial score (nSPS) is 15.7. The Morgan fingerprint density at radius 3 is 2.56 bits per heavy atom. The van der Waals surface area contributed by atoms with Crippen LogP contribution < -0.4 is 10.9 Å². The van der Waals surface area contributed by atoms with Crippen LogP contribution >= 0.6 is 11.8 Å². The molecule has 6 heteroatoms. The first-order valence-corrected chi connectivity index (χ1v) is 13.8. The van der Waals surface area contributed by atoms with Crippen LogP contribution in [0.15, 0.2) is 76.7 Å². The smallest absolute Gasteiger partial charge is 0.258 e. The molecule has 36 heavy (non-hydrogen) atoms. The number of hydrogen-bond acceptors (Lipinski definition) is 4. The fourth-order valence-corrected chi connectivity index (χ4v) is 6.54. The maximum absolute atomic E-state index is 14.2. The van der Waals surface area contributed by atoms with Gasteiger partial charge in [0.2, 0.25) is 5.91 Å². The number of nitrogens with one attached hydrogen (secondary N) is 1. The lowest BCUT2D eigenvalue weighted by Gasteiger charge is -2.42. The number of amides is 1. The highest BCUT2D eigenvalue weighted by atomic mass is 32.2. The van der Waals surface area contributed by atoms with Crippen molar-refractivity contribution >= 4 is 17.7 Å². The van der Waals surface area contributed by atoms with Crippen LogP contribution in [0.1, 0.15) is 55.7 Å². The molecule has 1 aromatic heterocycles. The highest BCUT2D eigenvalue weighted by Gasteiger charge is 2.43. The summed E-state index contributed by atoms with van der Waals surface area (Å²) >= 11 is 1.33. The third kappa shape index (κ3) is 4.92. The summed E-state index contributed by atoms with van der Waals surface area (Å²) in [6, 6.07) is 18.2. The molecule has 5 nitrogen and oxygen atoms in total. The number of allylic oxidation sites excluding steroid dienone is 1. The molecule has 0 unspecified atom stereocenters. The van der Waals surface area contributed by atoms with Gasteiger partial charge in [-0.25, -0.2) is 4.98 Å². The van der Waals surface area contributed by atoms with Crippen LogP contribution in [0.3, 0.4) is 0 Å². The molecule has 1 spiro atoms. The van der Waals surface area contributed by atoms with E-state index in [0.29, 0.717) is 18.2 Å². The summed E-state index contributed by atoms with van der Waals surface area (Å²) in [5.41, 5.74) is 5.84. The van der Waals surface area contributed by atoms with Crippen molar-refractivity contribution in [3.8, 4) is 11.3 Å². The SMILES string of the molecule is C=C(C)Cn1c(SCC(=O)NCc2ccccc2)nc2c(c1=O)C1(CCCCC1)Cc1ccccc1-2. The summed E-state index contributed by atoms with van der Waals surface area (Å²) in [7, 11) is 0. The summed E-state index contributed by atoms with van der Waals surface area (Å²) in [6.07, 6.45) is 6.44. The summed E-state index contributed by atoms with van der Waals surface area (Å²) in [5.74, 6) is 0.114. The van der Waals surface area contributed by atoms with Crippen molar-refractivity contribution in [1.82, 2.24) is 14.9 Å². The van der Waals surface area contributed by atoms with Crippen molar-refractivity contribution in [3.05, 3.63) is 93.8 Å². The minimum Gasteiger partial charge on any atom is -0.351 e. The quantitative estimate of drug-likeness (QED) is 0.259. The van der Waals surface area contributed by atoms with Crippen LogP contribution in [0.5, 0.6) is 0 Å². The largest absolute Gasteiger partial charge is 0.351 e. The summed E-state index contributed by atoms with van der Waals surface area (Å²) in [4.78, 5) is 32.0. The summed E-state index contributed by atoms with van der Waals surface area (Å²) in [5, 5.41) is 3.56. The van der Waals surface area contributed by atoms with Gasteiger partial charge >= 0.3 is 0 Å². The van der Waals surface area contributed by atoms with Gasteiger partial charge in [-0.2, -0.15) is 0 Å². The van der Waals surface area contributed by atoms with Gasteiger partial charge in [-0.3, -0.25) is 14.2 Å². The number of hydrogen-bond donors (Lipinski definition) is 1. The molecule has 2 aliphatic rings. The Bertz CT molecular complexity index is 1340. The Morgan fingerprint density at radius 1 is 1.08 bits per heavy atom. The van der Waals surface area contributed by atoms with Crippen molar-refractivity contribution < 1.29 is 4.79 Å². The van der Waals surface area contributed by atoms with Crippen molar-refractivity contribution in [3.63, 3.8) is 0 Å². The van der Waals surface area contributed by atoms with Crippen LogP contribution in [-0.4, -0.2) is 21.2 Å². The van der Waals surface area contributed by atoms with Crippen LogP contribution in [0.2, 0.25) is 0 Å².